The highest BCUT2D eigenvalue weighted by Gasteiger charge is 2.40. The van der Waals surface area contributed by atoms with Crippen LogP contribution in [-0.2, 0) is 10.3 Å². The Morgan fingerprint density at radius 2 is 2.44 bits per heavy atom. The summed E-state index contributed by atoms with van der Waals surface area (Å²) >= 11 is 6.07. The zero-order chi connectivity index (χ0) is 20.3. The molecule has 1 saturated carbocycles. The van der Waals surface area contributed by atoms with Crippen LogP contribution >= 0.6 is 11.6 Å². The van der Waals surface area contributed by atoms with Gasteiger partial charge in [-0.05, 0) is 31.4 Å². The van der Waals surface area contributed by atoms with Crippen LogP contribution in [-0.4, -0.2) is 12.8 Å². The second-order valence-corrected chi connectivity index (χ2v) is 3.69. The lowest BCUT2D eigenvalue weighted by Crippen LogP contribution is -2.49. The van der Waals surface area contributed by atoms with E-state index in [0.29, 0.717) is 0 Å². The van der Waals surface area contributed by atoms with E-state index in [1.165, 1.54) is 18.2 Å². The maximum atomic E-state index is 13.1. The third-order valence-electron chi connectivity index (χ3n) is 2.39. The molecule has 0 spiro atoms. The van der Waals surface area contributed by atoms with Gasteiger partial charge in [0.1, 0.15) is 6.95 Å². The number of benzene rings is 1. The van der Waals surface area contributed by atoms with Crippen molar-refractivity contribution in [1.29, 1.82) is 0 Å². The third kappa shape index (κ3) is 1.76. The van der Waals surface area contributed by atoms with Crippen LogP contribution in [0.3, 0.4) is 0 Å². The molecule has 86 valence electrons. The molecular formula is C13H16ClNO. The van der Waals surface area contributed by atoms with Gasteiger partial charge in [-0.15, -0.1) is 0 Å². The Hall–Kier alpha value is -0.860. The van der Waals surface area contributed by atoms with E-state index in [0.717, 1.165) is 6.07 Å². The summed E-state index contributed by atoms with van der Waals surface area (Å²) in [6.07, 6.45) is -10.2. The minimum atomic E-state index is -3.30. The predicted octanol–water partition coefficient (Wildman–Crippen LogP) is 2.90. The van der Waals surface area contributed by atoms with Crippen molar-refractivity contribution in [2.75, 3.05) is 6.98 Å². The van der Waals surface area contributed by atoms with Gasteiger partial charge in [-0.25, -0.2) is 0 Å². The van der Waals surface area contributed by atoms with Crippen molar-refractivity contribution in [3.05, 3.63) is 34.9 Å². The first-order chi connectivity index (χ1) is 11.5. The normalized spacial score (nSPS) is 45.5. The smallest absolute Gasteiger partial charge is 0.157 e. The first-order valence-electron chi connectivity index (χ1n) is 9.57. The molecule has 0 bridgehead atoms. The van der Waals surface area contributed by atoms with E-state index in [2.05, 4.69) is 0 Å². The Bertz CT molecular complexity index is 734. The number of ketones is 1. The minimum absolute atomic E-state index is 0.232. The molecule has 0 radical (unpaired) electrons. The number of carbonyl (C=O) groups excluding carboxylic acids is 1. The van der Waals surface area contributed by atoms with Crippen molar-refractivity contribution in [1.82, 2.24) is 5.31 Å². The maximum absolute atomic E-state index is 13.1. The number of halogens is 1. The molecule has 1 aromatic rings. The first kappa shape index (κ1) is 4.43. The lowest BCUT2D eigenvalue weighted by molar-refractivity contribution is -0.127. The maximum Gasteiger partial charge on any atom is 0.157 e. The number of nitrogens with one attached hydrogen (secondary N) is 1. The van der Waals surface area contributed by atoms with Gasteiger partial charge in [0.05, 0.1) is 0 Å². The van der Waals surface area contributed by atoms with E-state index in [1.807, 2.05) is 0 Å². The average Bonchev–Trinajstić information content (AvgIpc) is 2.45. The quantitative estimate of drug-likeness (QED) is 0.871. The summed E-state index contributed by atoms with van der Waals surface area (Å²) < 4.78 is 78.6. The number of rotatable bonds is 2. The van der Waals surface area contributed by atoms with Crippen LogP contribution < -0.4 is 5.31 Å². The summed E-state index contributed by atoms with van der Waals surface area (Å²) in [7, 11) is 0. The molecule has 1 unspecified atom stereocenters. The van der Waals surface area contributed by atoms with Crippen LogP contribution in [0.1, 0.15) is 43.4 Å². The van der Waals surface area contributed by atoms with E-state index in [-0.39, 0.29) is 10.3 Å². The van der Waals surface area contributed by atoms with E-state index < -0.39 is 49.4 Å². The number of carbonyl (C=O) groups is 1. The summed E-state index contributed by atoms with van der Waals surface area (Å²) in [6.45, 7) is -3.30. The molecule has 1 aromatic carbocycles. The van der Waals surface area contributed by atoms with Crippen LogP contribution in [0.2, 0.25) is 6.43 Å². The number of hydrogen-bond acceptors (Lipinski definition) is 2. The molecule has 2 rings (SSSR count). The standard InChI is InChI=1S/C13H16ClNO/c1-15-13(9-5-4-8-12(13)16)10-6-2-3-7-11(10)14/h2-3,6-7,15H,4-5,8-9H2,1H3/i1D3,4D2,8D2,9D2/hD. The Morgan fingerprint density at radius 3 is 3.19 bits per heavy atom. The number of Topliss-reactive ketones (excluding diaryl/α,β-unsaturated/α-hetero) is 1. The van der Waals surface area contributed by atoms with Crippen molar-refractivity contribution < 1.29 is 18.5 Å². The van der Waals surface area contributed by atoms with E-state index in [9.17, 15) is 4.79 Å². The topological polar surface area (TPSA) is 29.1 Å². The highest BCUT2D eigenvalue weighted by molar-refractivity contribution is 6.31. The van der Waals surface area contributed by atoms with E-state index in [4.69, 9.17) is 25.3 Å². The second kappa shape index (κ2) is 4.56. The minimum Gasteiger partial charge on any atom is -0.304 e. The molecule has 1 atom stereocenters. The van der Waals surface area contributed by atoms with Gasteiger partial charge in [0.25, 0.3) is 0 Å². The fourth-order valence-electron chi connectivity index (χ4n) is 1.59. The molecule has 16 heavy (non-hydrogen) atoms. The molecule has 0 aromatic heterocycles. The molecule has 1 aliphatic carbocycles. The van der Waals surface area contributed by atoms with Crippen LogP contribution in [0, 0.1) is 0 Å². The van der Waals surface area contributed by atoms with Gasteiger partial charge >= 0.3 is 0 Å². The fourth-order valence-corrected chi connectivity index (χ4v) is 1.86. The van der Waals surface area contributed by atoms with E-state index in [1.54, 1.807) is 0 Å². The summed E-state index contributed by atoms with van der Waals surface area (Å²) in [5.41, 5.74) is -3.37. The lowest BCUT2D eigenvalue weighted by atomic mass is 9.75. The Labute approximate surface area is 115 Å². The van der Waals surface area contributed by atoms with Gasteiger partial charge in [-0.3, -0.25) is 4.79 Å². The van der Waals surface area contributed by atoms with Crippen molar-refractivity contribution >= 4 is 17.4 Å². The van der Waals surface area contributed by atoms with Crippen molar-refractivity contribution in [3.8, 4) is 0 Å². The summed E-state index contributed by atoms with van der Waals surface area (Å²) in [6, 6.07) is 5.19. The molecule has 1 N–H and O–H groups in total. The largest absolute Gasteiger partial charge is 0.304 e. The van der Waals surface area contributed by atoms with Gasteiger partial charge < -0.3 is 5.31 Å². The highest BCUT2D eigenvalue weighted by Crippen LogP contribution is 2.37. The molecular weight excluding hydrogens is 222 g/mol. The molecule has 1 aliphatic rings. The Balaban J connectivity index is 2.96. The summed E-state index contributed by atoms with van der Waals surface area (Å²) in [5.74, 6) is -1.70. The van der Waals surface area contributed by atoms with Gasteiger partial charge in [-0.2, -0.15) is 0 Å². The molecule has 2 nitrogen and oxygen atoms in total. The van der Waals surface area contributed by atoms with Crippen LogP contribution in [0.4, 0.5) is 0 Å². The molecule has 1 fully saturated rings. The third-order valence-corrected chi connectivity index (χ3v) is 2.72. The van der Waals surface area contributed by atoms with Crippen LogP contribution in [0.5, 0.6) is 0 Å². The Kier molecular flexibility index (Phi) is 1.26. The monoisotopic (exact) mass is 247 g/mol. The van der Waals surface area contributed by atoms with Crippen LogP contribution in [0.15, 0.2) is 24.3 Å². The van der Waals surface area contributed by atoms with Crippen LogP contribution in [0.25, 0.3) is 0 Å². The second-order valence-electron chi connectivity index (χ2n) is 3.29. The van der Waals surface area contributed by atoms with Crippen molar-refractivity contribution in [3.63, 3.8) is 0 Å². The summed E-state index contributed by atoms with van der Waals surface area (Å²) in [4.78, 5) is 13.1. The molecule has 0 amide bonds. The van der Waals surface area contributed by atoms with Crippen molar-refractivity contribution in [2.45, 2.75) is 31.1 Å². The fraction of sp³-hybridized carbons (Fsp3) is 0.462. The first-order valence-corrected chi connectivity index (χ1v) is 5.00. The zero-order valence-corrected chi connectivity index (χ0v) is 9.01. The van der Waals surface area contributed by atoms with Gasteiger partial charge in [0.15, 0.2) is 5.78 Å². The van der Waals surface area contributed by atoms with Gasteiger partial charge in [0.2, 0.25) is 0 Å². The molecule has 0 saturated heterocycles. The lowest BCUT2D eigenvalue weighted by Gasteiger charge is -2.36. The number of likely N-dealkylation sites (N-methyl/N-ethyl adjacent to an activating group) is 1. The number of hydrogen-bond donors (Lipinski definition) is 1. The molecule has 0 heterocycles. The SMILES string of the molecule is [2H]N(C([2H])([2H])[2H])C1(c2ccccc2Cl)C(=O)C([2H])([2H])C([2H])([2H])CC1([2H])[2H]. The van der Waals surface area contributed by atoms with Gasteiger partial charge in [0, 0.05) is 23.7 Å². The van der Waals surface area contributed by atoms with Crippen molar-refractivity contribution in [2.24, 2.45) is 0 Å². The summed E-state index contributed by atoms with van der Waals surface area (Å²) in [5, 5.41) is -0.499. The molecule has 3 heteroatoms. The highest BCUT2D eigenvalue weighted by atomic mass is 35.5. The van der Waals surface area contributed by atoms with E-state index >= 15 is 0 Å². The zero-order valence-electron chi connectivity index (χ0n) is 18.2. The Morgan fingerprint density at radius 1 is 1.62 bits per heavy atom. The average molecular weight is 248 g/mol. The molecule has 0 aliphatic heterocycles. The van der Waals surface area contributed by atoms with Gasteiger partial charge in [-0.1, -0.05) is 36.2 Å². The predicted molar refractivity (Wildman–Crippen MR) is 65.7 cm³/mol.